The van der Waals surface area contributed by atoms with Gasteiger partial charge in [-0.2, -0.15) is 0 Å². The Kier molecular flexibility index (Phi) is 3.51. The van der Waals surface area contributed by atoms with Crippen LogP contribution in [0.3, 0.4) is 0 Å². The van der Waals surface area contributed by atoms with Crippen LogP contribution in [0.5, 0.6) is 0 Å². The van der Waals surface area contributed by atoms with E-state index in [1.165, 1.54) is 17.7 Å². The summed E-state index contributed by atoms with van der Waals surface area (Å²) in [6, 6.07) is 0. The van der Waals surface area contributed by atoms with Crippen molar-refractivity contribution >= 4 is 17.3 Å². The highest BCUT2D eigenvalue weighted by Crippen LogP contribution is 2.30. The smallest absolute Gasteiger partial charge is 0.203 e. The number of anilines is 2. The third-order valence-electron chi connectivity index (χ3n) is 5.38. The molecule has 0 spiro atoms. The summed E-state index contributed by atoms with van der Waals surface area (Å²) in [4.78, 5) is 18.7. The second-order valence-corrected chi connectivity index (χ2v) is 7.04. The Morgan fingerprint density at radius 3 is 2.46 bits per heavy atom. The van der Waals surface area contributed by atoms with Gasteiger partial charge in [-0.15, -0.1) is 10.2 Å². The molecule has 0 saturated carbocycles. The van der Waals surface area contributed by atoms with Crippen LogP contribution in [0.1, 0.15) is 29.3 Å². The van der Waals surface area contributed by atoms with Crippen molar-refractivity contribution in [1.29, 1.82) is 0 Å². The molecule has 1 aliphatic heterocycles. The molecule has 0 aromatic carbocycles. The first-order chi connectivity index (χ1) is 12.7. The molecule has 1 saturated heterocycles. The lowest BCUT2D eigenvalue weighted by Crippen LogP contribution is -2.47. The maximum atomic E-state index is 4.77. The Morgan fingerprint density at radius 2 is 1.65 bits per heavy atom. The molecule has 134 valence electrons. The molecule has 1 fully saturated rings. The van der Waals surface area contributed by atoms with E-state index in [1.54, 1.807) is 0 Å². The lowest BCUT2D eigenvalue weighted by molar-refractivity contribution is 0.637. The highest BCUT2D eigenvalue weighted by molar-refractivity contribution is 5.64. The first-order valence-corrected chi connectivity index (χ1v) is 9.23. The van der Waals surface area contributed by atoms with Crippen LogP contribution in [0.25, 0.3) is 5.65 Å². The van der Waals surface area contributed by atoms with Gasteiger partial charge in [-0.3, -0.25) is 4.40 Å². The second-order valence-electron chi connectivity index (χ2n) is 7.04. The van der Waals surface area contributed by atoms with Crippen LogP contribution < -0.4 is 9.80 Å². The van der Waals surface area contributed by atoms with Gasteiger partial charge in [0.25, 0.3) is 0 Å². The Hall–Kier alpha value is -2.77. The van der Waals surface area contributed by atoms with Crippen molar-refractivity contribution in [2.24, 2.45) is 0 Å². The summed E-state index contributed by atoms with van der Waals surface area (Å²) in [5.74, 6) is 3.83. The minimum Gasteiger partial charge on any atom is -0.353 e. The zero-order chi connectivity index (χ0) is 17.7. The SMILES string of the molecule is Cc1nc2c(c(N3CCN(c4nccn5c(C)nnc45)CC3)n1)CCC2. The average Bonchev–Trinajstić information content (AvgIpc) is 3.28. The van der Waals surface area contributed by atoms with Gasteiger partial charge in [0.2, 0.25) is 5.65 Å². The average molecular weight is 350 g/mol. The summed E-state index contributed by atoms with van der Waals surface area (Å²) in [6.07, 6.45) is 7.12. The summed E-state index contributed by atoms with van der Waals surface area (Å²) in [6.45, 7) is 7.61. The number of piperazine rings is 1. The van der Waals surface area contributed by atoms with Crippen LogP contribution in [0.2, 0.25) is 0 Å². The largest absolute Gasteiger partial charge is 0.353 e. The molecule has 8 heteroatoms. The van der Waals surface area contributed by atoms with E-state index in [-0.39, 0.29) is 0 Å². The van der Waals surface area contributed by atoms with Crippen molar-refractivity contribution in [3.05, 3.63) is 35.3 Å². The normalized spacial score (nSPS) is 17.2. The van der Waals surface area contributed by atoms with Crippen molar-refractivity contribution < 1.29 is 0 Å². The maximum Gasteiger partial charge on any atom is 0.203 e. The molecule has 0 N–H and O–H groups in total. The number of fused-ring (bicyclic) bond motifs is 2. The van der Waals surface area contributed by atoms with Gasteiger partial charge < -0.3 is 9.80 Å². The first-order valence-electron chi connectivity index (χ1n) is 9.23. The molecule has 0 amide bonds. The van der Waals surface area contributed by atoms with Gasteiger partial charge in [0.05, 0.1) is 0 Å². The van der Waals surface area contributed by atoms with E-state index < -0.39 is 0 Å². The molecule has 4 heterocycles. The molecule has 3 aromatic rings. The predicted octanol–water partition coefficient (Wildman–Crippen LogP) is 1.35. The molecule has 26 heavy (non-hydrogen) atoms. The van der Waals surface area contributed by atoms with Crippen LogP contribution in [0, 0.1) is 13.8 Å². The van der Waals surface area contributed by atoms with Gasteiger partial charge >= 0.3 is 0 Å². The highest BCUT2D eigenvalue weighted by atomic mass is 15.3. The molecule has 0 radical (unpaired) electrons. The molecular weight excluding hydrogens is 328 g/mol. The van der Waals surface area contributed by atoms with E-state index in [9.17, 15) is 0 Å². The van der Waals surface area contributed by atoms with Gasteiger partial charge in [0, 0.05) is 49.8 Å². The number of nitrogens with zero attached hydrogens (tertiary/aromatic N) is 8. The standard InChI is InChI=1S/C18H22N8/c1-12-20-15-5-3-4-14(15)16(21-12)24-8-10-25(11-9-24)17-18-23-22-13(2)26(18)7-6-19-17/h6-7H,3-5,8-11H2,1-2H3. The summed E-state index contributed by atoms with van der Waals surface area (Å²) in [5.41, 5.74) is 3.44. The summed E-state index contributed by atoms with van der Waals surface area (Å²) >= 11 is 0. The van der Waals surface area contributed by atoms with Gasteiger partial charge in [-0.05, 0) is 33.1 Å². The van der Waals surface area contributed by atoms with Gasteiger partial charge in [-0.25, -0.2) is 15.0 Å². The lowest BCUT2D eigenvalue weighted by atomic mass is 10.2. The predicted molar refractivity (Wildman–Crippen MR) is 98.7 cm³/mol. The van der Waals surface area contributed by atoms with Crippen molar-refractivity contribution in [3.8, 4) is 0 Å². The van der Waals surface area contributed by atoms with E-state index in [1.807, 2.05) is 30.6 Å². The van der Waals surface area contributed by atoms with Crippen LogP contribution in [0.15, 0.2) is 12.4 Å². The molecule has 0 unspecified atom stereocenters. The van der Waals surface area contributed by atoms with Crippen LogP contribution in [-0.2, 0) is 12.8 Å². The highest BCUT2D eigenvalue weighted by Gasteiger charge is 2.26. The lowest BCUT2D eigenvalue weighted by Gasteiger charge is -2.36. The van der Waals surface area contributed by atoms with E-state index in [2.05, 4.69) is 30.0 Å². The number of hydrogen-bond acceptors (Lipinski definition) is 7. The molecule has 3 aromatic heterocycles. The zero-order valence-electron chi connectivity index (χ0n) is 15.2. The van der Waals surface area contributed by atoms with E-state index in [0.29, 0.717) is 0 Å². The minimum atomic E-state index is 0.831. The summed E-state index contributed by atoms with van der Waals surface area (Å²) in [5, 5.41) is 8.49. The fourth-order valence-corrected chi connectivity index (χ4v) is 4.08. The fourth-order valence-electron chi connectivity index (χ4n) is 4.08. The Bertz CT molecular complexity index is 971. The number of aryl methyl sites for hydroxylation is 3. The third-order valence-corrected chi connectivity index (χ3v) is 5.38. The van der Waals surface area contributed by atoms with Crippen molar-refractivity contribution in [3.63, 3.8) is 0 Å². The minimum absolute atomic E-state index is 0.831. The molecular formula is C18H22N8. The van der Waals surface area contributed by atoms with Gasteiger partial charge in [-0.1, -0.05) is 0 Å². The van der Waals surface area contributed by atoms with Crippen molar-refractivity contribution in [1.82, 2.24) is 29.5 Å². The molecule has 5 rings (SSSR count). The van der Waals surface area contributed by atoms with Crippen LogP contribution >= 0.6 is 0 Å². The molecule has 0 bridgehead atoms. The van der Waals surface area contributed by atoms with Gasteiger partial charge in [0.1, 0.15) is 17.5 Å². The molecule has 8 nitrogen and oxygen atoms in total. The molecule has 2 aliphatic rings. The zero-order valence-corrected chi connectivity index (χ0v) is 15.2. The Balaban J connectivity index is 1.40. The first kappa shape index (κ1) is 15.5. The van der Waals surface area contributed by atoms with Crippen LogP contribution in [-0.4, -0.2) is 55.7 Å². The van der Waals surface area contributed by atoms with E-state index in [4.69, 9.17) is 4.98 Å². The van der Waals surface area contributed by atoms with Crippen molar-refractivity contribution in [2.45, 2.75) is 33.1 Å². The Morgan fingerprint density at radius 1 is 0.885 bits per heavy atom. The number of rotatable bonds is 2. The maximum absolute atomic E-state index is 4.77. The number of aromatic nitrogens is 6. The molecule has 0 atom stereocenters. The quantitative estimate of drug-likeness (QED) is 0.690. The van der Waals surface area contributed by atoms with Crippen molar-refractivity contribution in [2.75, 3.05) is 36.0 Å². The monoisotopic (exact) mass is 350 g/mol. The van der Waals surface area contributed by atoms with Gasteiger partial charge in [0.15, 0.2) is 5.82 Å². The fraction of sp³-hybridized carbons (Fsp3) is 0.500. The number of hydrogen-bond donors (Lipinski definition) is 0. The summed E-state index contributed by atoms with van der Waals surface area (Å²) < 4.78 is 2.00. The van der Waals surface area contributed by atoms with E-state index >= 15 is 0 Å². The topological polar surface area (TPSA) is 75.3 Å². The third kappa shape index (κ3) is 2.40. The van der Waals surface area contributed by atoms with E-state index in [0.717, 1.165) is 68.0 Å². The van der Waals surface area contributed by atoms with Crippen LogP contribution in [0.4, 0.5) is 11.6 Å². The molecule has 1 aliphatic carbocycles. The second kappa shape index (κ2) is 5.89. The summed E-state index contributed by atoms with van der Waals surface area (Å²) in [7, 11) is 0. The Labute approximate surface area is 151 Å².